The van der Waals surface area contributed by atoms with E-state index in [1.54, 1.807) is 60.7 Å². The van der Waals surface area contributed by atoms with Crippen LogP contribution in [0.2, 0.25) is 15.1 Å². The maximum absolute atomic E-state index is 12.1. The van der Waals surface area contributed by atoms with Crippen LogP contribution in [0.3, 0.4) is 0 Å². The number of carbonyl (C=O) groups is 2. The second-order valence-corrected chi connectivity index (χ2v) is 8.47. The predicted molar refractivity (Wildman–Crippen MR) is 131 cm³/mol. The first-order valence-corrected chi connectivity index (χ1v) is 11.0. The lowest BCUT2D eigenvalue weighted by Gasteiger charge is -2.10. The highest BCUT2D eigenvalue weighted by molar-refractivity contribution is 9.10. The smallest absolute Gasteiger partial charge is 0.271 e. The standard InChI is InChI=1S/C22H15BrCl3N3O3/c23-17-9-13(11-27-29-22(31)14-2-4-15(24)5-3-14)1-8-20(17)32-12-21(30)28-16-6-7-18(25)19(26)10-16/h1-11H,12H2,(H,28,30)(H,29,31)/b27-11+. The fourth-order valence-corrected chi connectivity index (χ4v) is 3.39. The number of anilines is 1. The first-order chi connectivity index (χ1) is 15.3. The SMILES string of the molecule is O=C(COc1ccc(/C=N/NC(=O)c2ccc(Cl)cc2)cc1Br)Nc1ccc(Cl)c(Cl)c1. The highest BCUT2D eigenvalue weighted by Gasteiger charge is 2.08. The summed E-state index contributed by atoms with van der Waals surface area (Å²) in [4.78, 5) is 24.1. The molecular weight excluding hydrogens is 541 g/mol. The van der Waals surface area contributed by atoms with Crippen LogP contribution in [-0.4, -0.2) is 24.6 Å². The minimum atomic E-state index is -0.357. The van der Waals surface area contributed by atoms with Crippen molar-refractivity contribution >= 4 is 74.4 Å². The van der Waals surface area contributed by atoms with E-state index in [9.17, 15) is 9.59 Å². The number of rotatable bonds is 7. The monoisotopic (exact) mass is 553 g/mol. The Hall–Kier alpha value is -2.58. The molecule has 3 aromatic carbocycles. The van der Waals surface area contributed by atoms with E-state index in [1.807, 2.05) is 0 Å². The first kappa shape index (κ1) is 24.1. The molecule has 0 aliphatic rings. The van der Waals surface area contributed by atoms with E-state index < -0.39 is 0 Å². The fourth-order valence-electron chi connectivity index (χ4n) is 2.46. The minimum Gasteiger partial charge on any atom is -0.483 e. The molecule has 0 unspecified atom stereocenters. The summed E-state index contributed by atoms with van der Waals surface area (Å²) in [5, 5.41) is 7.91. The third-order valence-corrected chi connectivity index (χ3v) is 5.61. The summed E-state index contributed by atoms with van der Waals surface area (Å²) >= 11 is 21.0. The van der Waals surface area contributed by atoms with Crippen LogP contribution in [0, 0.1) is 0 Å². The van der Waals surface area contributed by atoms with Crippen molar-refractivity contribution in [3.05, 3.63) is 91.3 Å². The summed E-state index contributed by atoms with van der Waals surface area (Å²) in [6.07, 6.45) is 1.49. The number of nitrogens with zero attached hydrogens (tertiary/aromatic N) is 1. The van der Waals surface area contributed by atoms with Crippen molar-refractivity contribution in [2.45, 2.75) is 0 Å². The molecule has 2 N–H and O–H groups in total. The Bertz CT molecular complexity index is 1170. The normalized spacial score (nSPS) is 10.8. The van der Waals surface area contributed by atoms with E-state index in [2.05, 4.69) is 31.8 Å². The van der Waals surface area contributed by atoms with Gasteiger partial charge in [-0.25, -0.2) is 5.43 Å². The molecule has 3 rings (SSSR count). The molecule has 0 atom stereocenters. The van der Waals surface area contributed by atoms with E-state index in [0.29, 0.717) is 42.1 Å². The fraction of sp³-hybridized carbons (Fsp3) is 0.0455. The van der Waals surface area contributed by atoms with Crippen molar-refractivity contribution < 1.29 is 14.3 Å². The summed E-state index contributed by atoms with van der Waals surface area (Å²) < 4.78 is 6.17. The number of hydrazone groups is 1. The van der Waals surface area contributed by atoms with E-state index in [0.717, 1.165) is 0 Å². The van der Waals surface area contributed by atoms with Crippen LogP contribution in [0.4, 0.5) is 5.69 Å². The Morgan fingerprint density at radius 2 is 1.72 bits per heavy atom. The van der Waals surface area contributed by atoms with E-state index >= 15 is 0 Å². The Labute approximate surface area is 207 Å². The summed E-state index contributed by atoms with van der Waals surface area (Å²) in [6.45, 7) is -0.205. The number of halogens is 4. The molecule has 0 bridgehead atoms. The Morgan fingerprint density at radius 3 is 2.41 bits per heavy atom. The van der Waals surface area contributed by atoms with Gasteiger partial charge in [0.25, 0.3) is 11.8 Å². The van der Waals surface area contributed by atoms with Gasteiger partial charge in [-0.1, -0.05) is 34.8 Å². The van der Waals surface area contributed by atoms with Gasteiger partial charge in [0.2, 0.25) is 0 Å². The lowest BCUT2D eigenvalue weighted by atomic mass is 10.2. The van der Waals surface area contributed by atoms with Crippen molar-refractivity contribution in [3.63, 3.8) is 0 Å². The molecule has 32 heavy (non-hydrogen) atoms. The molecule has 2 amide bonds. The van der Waals surface area contributed by atoms with Crippen molar-refractivity contribution in [1.29, 1.82) is 0 Å². The zero-order chi connectivity index (χ0) is 23.1. The quantitative estimate of drug-likeness (QED) is 0.270. The van der Waals surface area contributed by atoms with Gasteiger partial charge in [0.1, 0.15) is 5.75 Å². The average Bonchev–Trinajstić information content (AvgIpc) is 2.76. The molecule has 0 radical (unpaired) electrons. The van der Waals surface area contributed by atoms with Gasteiger partial charge in [0, 0.05) is 16.3 Å². The minimum absolute atomic E-state index is 0.205. The lowest BCUT2D eigenvalue weighted by molar-refractivity contribution is -0.118. The van der Waals surface area contributed by atoms with Gasteiger partial charge in [0.05, 0.1) is 20.7 Å². The predicted octanol–water partition coefficient (Wildman–Crippen LogP) is 6.19. The van der Waals surface area contributed by atoms with Crippen LogP contribution in [0.25, 0.3) is 0 Å². The third kappa shape index (κ3) is 6.97. The zero-order valence-electron chi connectivity index (χ0n) is 16.2. The van der Waals surface area contributed by atoms with E-state index in [1.165, 1.54) is 6.21 Å². The number of benzene rings is 3. The van der Waals surface area contributed by atoms with E-state index in [-0.39, 0.29) is 18.4 Å². The molecule has 0 saturated carbocycles. The number of amides is 2. The lowest BCUT2D eigenvalue weighted by Crippen LogP contribution is -2.20. The maximum Gasteiger partial charge on any atom is 0.271 e. The second-order valence-electron chi connectivity index (χ2n) is 6.36. The molecular formula is C22H15BrCl3N3O3. The van der Waals surface area contributed by atoms with Gasteiger partial charge >= 0.3 is 0 Å². The summed E-state index contributed by atoms with van der Waals surface area (Å²) in [5.41, 5.74) is 4.10. The molecule has 164 valence electrons. The van der Waals surface area contributed by atoms with Crippen molar-refractivity contribution in [1.82, 2.24) is 5.43 Å². The van der Waals surface area contributed by atoms with Gasteiger partial charge in [-0.3, -0.25) is 9.59 Å². The number of hydrogen-bond donors (Lipinski definition) is 2. The molecule has 0 fully saturated rings. The summed E-state index contributed by atoms with van der Waals surface area (Å²) in [5.74, 6) is -0.243. The Kier molecular flexibility index (Phi) is 8.53. The molecule has 3 aromatic rings. The van der Waals surface area contributed by atoms with Crippen LogP contribution in [0.15, 0.2) is 70.2 Å². The van der Waals surface area contributed by atoms with Gasteiger partial charge in [0.15, 0.2) is 6.61 Å². The molecule has 0 saturated heterocycles. The van der Waals surface area contributed by atoms with E-state index in [4.69, 9.17) is 39.5 Å². The number of ether oxygens (including phenoxy) is 1. The Balaban J connectivity index is 1.52. The van der Waals surface area contributed by atoms with Crippen LogP contribution in [-0.2, 0) is 4.79 Å². The van der Waals surface area contributed by atoms with Crippen LogP contribution in [0.5, 0.6) is 5.75 Å². The topological polar surface area (TPSA) is 79.8 Å². The largest absolute Gasteiger partial charge is 0.483 e. The zero-order valence-corrected chi connectivity index (χ0v) is 20.1. The molecule has 10 heteroatoms. The molecule has 0 heterocycles. The summed E-state index contributed by atoms with van der Waals surface area (Å²) in [7, 11) is 0. The third-order valence-electron chi connectivity index (χ3n) is 4.00. The highest BCUT2D eigenvalue weighted by atomic mass is 79.9. The molecule has 6 nitrogen and oxygen atoms in total. The number of carbonyl (C=O) groups excluding carboxylic acids is 2. The summed E-state index contributed by atoms with van der Waals surface area (Å²) in [6, 6.07) is 16.4. The van der Waals surface area contributed by atoms with Crippen LogP contribution >= 0.6 is 50.7 Å². The van der Waals surface area contributed by atoms with Gasteiger partial charge < -0.3 is 10.1 Å². The first-order valence-electron chi connectivity index (χ1n) is 9.08. The van der Waals surface area contributed by atoms with Crippen LogP contribution < -0.4 is 15.5 Å². The molecule has 0 aromatic heterocycles. The average molecular weight is 556 g/mol. The van der Waals surface area contributed by atoms with Crippen molar-refractivity contribution in [2.75, 3.05) is 11.9 Å². The number of hydrogen-bond acceptors (Lipinski definition) is 4. The molecule has 0 aliphatic heterocycles. The molecule has 0 spiro atoms. The van der Waals surface area contributed by atoms with Gasteiger partial charge in [-0.05, 0) is 82.2 Å². The highest BCUT2D eigenvalue weighted by Crippen LogP contribution is 2.26. The second kappa shape index (κ2) is 11.3. The van der Waals surface area contributed by atoms with Gasteiger partial charge in [-0.15, -0.1) is 0 Å². The Morgan fingerprint density at radius 1 is 0.969 bits per heavy atom. The van der Waals surface area contributed by atoms with Gasteiger partial charge in [-0.2, -0.15) is 5.10 Å². The number of nitrogens with one attached hydrogen (secondary N) is 2. The maximum atomic E-state index is 12.1. The van der Waals surface area contributed by atoms with Crippen molar-refractivity contribution in [2.24, 2.45) is 5.10 Å². The van der Waals surface area contributed by atoms with Crippen LogP contribution in [0.1, 0.15) is 15.9 Å². The van der Waals surface area contributed by atoms with Crippen molar-refractivity contribution in [3.8, 4) is 5.75 Å². The molecule has 0 aliphatic carbocycles.